The van der Waals surface area contributed by atoms with E-state index in [0.29, 0.717) is 33.6 Å². The zero-order valence-corrected chi connectivity index (χ0v) is 23.5. The predicted octanol–water partition coefficient (Wildman–Crippen LogP) is 6.89. The van der Waals surface area contributed by atoms with Crippen molar-refractivity contribution >= 4 is 33.1 Å². The Morgan fingerprint density at radius 1 is 0.744 bits per heavy atom. The van der Waals surface area contributed by atoms with E-state index in [0.717, 1.165) is 11.1 Å². The summed E-state index contributed by atoms with van der Waals surface area (Å²) >= 11 is 0. The molecular weight excluding hydrogens is 508 g/mol. The third-order valence-corrected chi connectivity index (χ3v) is 7.93. The highest BCUT2D eigenvalue weighted by Gasteiger charge is 2.19. The Kier molecular flexibility index (Phi) is 7.74. The van der Waals surface area contributed by atoms with Crippen molar-refractivity contribution in [1.82, 2.24) is 0 Å². The summed E-state index contributed by atoms with van der Waals surface area (Å²) in [5.41, 5.74) is 4.66. The Balaban J connectivity index is 1.52. The van der Waals surface area contributed by atoms with Crippen molar-refractivity contribution in [3.05, 3.63) is 124 Å². The standard InChI is InChI=1S/C32H32N2O4S/c1-21-12-18-27(19-13-21)39(37,38)34-29-11-7-10-28(22(29)2)31(36)33-26-9-6-8-24(20-26)30(35)23-14-16-25(17-15-23)32(3,4)5/h6-20,34H,1-5H3,(H,33,36). The van der Waals surface area contributed by atoms with E-state index in [4.69, 9.17) is 0 Å². The number of benzene rings is 4. The lowest BCUT2D eigenvalue weighted by molar-refractivity contribution is 0.102. The molecule has 0 aliphatic rings. The van der Waals surface area contributed by atoms with Gasteiger partial charge in [0.25, 0.3) is 15.9 Å². The van der Waals surface area contributed by atoms with Crippen molar-refractivity contribution in [2.45, 2.75) is 44.9 Å². The Morgan fingerprint density at radius 2 is 1.38 bits per heavy atom. The lowest BCUT2D eigenvalue weighted by Crippen LogP contribution is -2.17. The van der Waals surface area contributed by atoms with E-state index in [1.54, 1.807) is 61.5 Å². The minimum atomic E-state index is -3.83. The molecular formula is C32H32N2O4S. The van der Waals surface area contributed by atoms with Gasteiger partial charge < -0.3 is 5.32 Å². The topological polar surface area (TPSA) is 92.3 Å². The van der Waals surface area contributed by atoms with Crippen LogP contribution >= 0.6 is 0 Å². The van der Waals surface area contributed by atoms with Gasteiger partial charge in [-0.3, -0.25) is 14.3 Å². The zero-order chi connectivity index (χ0) is 28.4. The highest BCUT2D eigenvalue weighted by atomic mass is 32.2. The molecule has 0 aliphatic heterocycles. The van der Waals surface area contributed by atoms with Gasteiger partial charge in [0.2, 0.25) is 0 Å². The number of rotatable bonds is 7. The maximum Gasteiger partial charge on any atom is 0.261 e. The molecule has 0 spiro atoms. The second-order valence-corrected chi connectivity index (χ2v) is 12.3. The summed E-state index contributed by atoms with van der Waals surface area (Å²) in [6.07, 6.45) is 0. The maximum absolute atomic E-state index is 13.2. The number of nitrogens with one attached hydrogen (secondary N) is 2. The van der Waals surface area contributed by atoms with E-state index < -0.39 is 15.9 Å². The summed E-state index contributed by atoms with van der Waals surface area (Å²) in [6.45, 7) is 9.92. The predicted molar refractivity (Wildman–Crippen MR) is 156 cm³/mol. The molecule has 2 N–H and O–H groups in total. The number of carbonyl (C=O) groups is 2. The van der Waals surface area contributed by atoms with E-state index in [-0.39, 0.29) is 16.1 Å². The lowest BCUT2D eigenvalue weighted by atomic mass is 9.86. The fourth-order valence-electron chi connectivity index (χ4n) is 4.14. The van der Waals surface area contributed by atoms with Crippen LogP contribution in [-0.2, 0) is 15.4 Å². The Morgan fingerprint density at radius 3 is 2.03 bits per heavy atom. The van der Waals surface area contributed by atoms with Crippen molar-refractivity contribution < 1.29 is 18.0 Å². The fraction of sp³-hybridized carbons (Fsp3) is 0.188. The molecule has 0 saturated carbocycles. The average molecular weight is 541 g/mol. The second kappa shape index (κ2) is 10.9. The van der Waals surface area contributed by atoms with Gasteiger partial charge in [-0.15, -0.1) is 0 Å². The molecule has 0 heterocycles. The van der Waals surface area contributed by atoms with Gasteiger partial charge in [0, 0.05) is 22.4 Å². The van der Waals surface area contributed by atoms with Crippen LogP contribution in [0.3, 0.4) is 0 Å². The second-order valence-electron chi connectivity index (χ2n) is 10.6. The first-order valence-electron chi connectivity index (χ1n) is 12.6. The van der Waals surface area contributed by atoms with E-state index in [1.165, 1.54) is 12.1 Å². The monoisotopic (exact) mass is 540 g/mol. The van der Waals surface area contributed by atoms with Crippen LogP contribution in [0.4, 0.5) is 11.4 Å². The van der Waals surface area contributed by atoms with Gasteiger partial charge >= 0.3 is 0 Å². The number of anilines is 2. The summed E-state index contributed by atoms with van der Waals surface area (Å²) in [7, 11) is -3.83. The van der Waals surface area contributed by atoms with Crippen molar-refractivity contribution in [2.24, 2.45) is 0 Å². The average Bonchev–Trinajstić information content (AvgIpc) is 2.89. The van der Waals surface area contributed by atoms with Crippen molar-refractivity contribution in [2.75, 3.05) is 10.0 Å². The van der Waals surface area contributed by atoms with Crippen LogP contribution in [0, 0.1) is 13.8 Å². The molecule has 200 valence electrons. The Labute approximate surface area is 230 Å². The molecule has 0 radical (unpaired) electrons. The summed E-state index contributed by atoms with van der Waals surface area (Å²) < 4.78 is 28.3. The SMILES string of the molecule is Cc1ccc(S(=O)(=O)Nc2cccc(C(=O)Nc3cccc(C(=O)c4ccc(C(C)(C)C)cc4)c3)c2C)cc1. The highest BCUT2D eigenvalue weighted by Crippen LogP contribution is 2.25. The molecule has 4 aromatic rings. The van der Waals surface area contributed by atoms with Crippen LogP contribution in [0.1, 0.15) is 63.7 Å². The normalized spacial score (nSPS) is 11.6. The molecule has 4 rings (SSSR count). The molecule has 6 nitrogen and oxygen atoms in total. The third-order valence-electron chi connectivity index (χ3n) is 6.55. The van der Waals surface area contributed by atoms with Gasteiger partial charge in [0.1, 0.15) is 0 Å². The van der Waals surface area contributed by atoms with Crippen molar-refractivity contribution in [1.29, 1.82) is 0 Å². The first-order valence-corrected chi connectivity index (χ1v) is 14.1. The van der Waals surface area contributed by atoms with Gasteiger partial charge in [0.15, 0.2) is 5.78 Å². The van der Waals surface area contributed by atoms with Crippen LogP contribution in [-0.4, -0.2) is 20.1 Å². The Bertz CT molecular complexity index is 1630. The van der Waals surface area contributed by atoms with Gasteiger partial charge in [-0.2, -0.15) is 0 Å². The molecule has 0 bridgehead atoms. The van der Waals surface area contributed by atoms with Crippen LogP contribution in [0.2, 0.25) is 0 Å². The van der Waals surface area contributed by atoms with E-state index in [1.807, 2.05) is 31.2 Å². The van der Waals surface area contributed by atoms with Crippen LogP contribution in [0.25, 0.3) is 0 Å². The molecule has 0 atom stereocenters. The molecule has 0 aromatic heterocycles. The van der Waals surface area contributed by atoms with Crippen LogP contribution < -0.4 is 10.0 Å². The molecule has 39 heavy (non-hydrogen) atoms. The summed E-state index contributed by atoms with van der Waals surface area (Å²) in [4.78, 5) is 26.4. The van der Waals surface area contributed by atoms with Gasteiger partial charge in [-0.1, -0.05) is 80.9 Å². The number of hydrogen-bond donors (Lipinski definition) is 2. The summed E-state index contributed by atoms with van der Waals surface area (Å²) in [5, 5.41) is 2.83. The number of sulfonamides is 1. The molecule has 0 unspecified atom stereocenters. The smallest absolute Gasteiger partial charge is 0.261 e. The van der Waals surface area contributed by atoms with Gasteiger partial charge in [0.05, 0.1) is 10.6 Å². The molecule has 1 amide bonds. The molecule has 0 aliphatic carbocycles. The van der Waals surface area contributed by atoms with Gasteiger partial charge in [-0.25, -0.2) is 8.42 Å². The number of amides is 1. The Hall–Kier alpha value is -4.23. The number of hydrogen-bond acceptors (Lipinski definition) is 4. The van der Waals surface area contributed by atoms with Crippen molar-refractivity contribution in [3.63, 3.8) is 0 Å². The highest BCUT2D eigenvalue weighted by molar-refractivity contribution is 7.92. The maximum atomic E-state index is 13.2. The van der Waals surface area contributed by atoms with E-state index >= 15 is 0 Å². The van der Waals surface area contributed by atoms with E-state index in [2.05, 4.69) is 30.8 Å². The summed E-state index contributed by atoms with van der Waals surface area (Å²) in [6, 6.07) is 25.7. The molecule has 0 fully saturated rings. The lowest BCUT2D eigenvalue weighted by Gasteiger charge is -2.19. The molecule has 0 saturated heterocycles. The molecule has 4 aromatic carbocycles. The van der Waals surface area contributed by atoms with E-state index in [9.17, 15) is 18.0 Å². The van der Waals surface area contributed by atoms with Crippen LogP contribution in [0.5, 0.6) is 0 Å². The van der Waals surface area contributed by atoms with Crippen molar-refractivity contribution in [3.8, 4) is 0 Å². The number of ketones is 1. The zero-order valence-electron chi connectivity index (χ0n) is 22.7. The number of carbonyl (C=O) groups excluding carboxylic acids is 2. The van der Waals surface area contributed by atoms with Crippen LogP contribution in [0.15, 0.2) is 95.9 Å². The first kappa shape index (κ1) is 27.8. The minimum Gasteiger partial charge on any atom is -0.322 e. The first-order chi connectivity index (χ1) is 18.3. The van der Waals surface area contributed by atoms with Gasteiger partial charge in [-0.05, 0) is 66.8 Å². The number of aryl methyl sites for hydroxylation is 1. The third kappa shape index (κ3) is 6.44. The quantitative estimate of drug-likeness (QED) is 0.250. The summed E-state index contributed by atoms with van der Waals surface area (Å²) in [5.74, 6) is -0.557. The fourth-order valence-corrected chi connectivity index (χ4v) is 5.26. The minimum absolute atomic E-state index is 0.0123. The largest absolute Gasteiger partial charge is 0.322 e. The molecule has 7 heteroatoms.